The van der Waals surface area contributed by atoms with E-state index in [4.69, 9.17) is 0 Å². The van der Waals surface area contributed by atoms with Crippen LogP contribution in [0.5, 0.6) is 0 Å². The normalized spacial score (nSPS) is 16.7. The first kappa shape index (κ1) is 17.4. The van der Waals surface area contributed by atoms with Gasteiger partial charge in [-0.3, -0.25) is 14.0 Å². The van der Waals surface area contributed by atoms with E-state index in [2.05, 4.69) is 16.3 Å². The summed E-state index contributed by atoms with van der Waals surface area (Å²) in [6, 6.07) is 2.06. The molecule has 136 valence electrons. The molecule has 8 heteroatoms. The van der Waals surface area contributed by atoms with Gasteiger partial charge < -0.3 is 4.90 Å². The van der Waals surface area contributed by atoms with Gasteiger partial charge in [0.2, 0.25) is 5.91 Å². The molecule has 0 radical (unpaired) electrons. The van der Waals surface area contributed by atoms with E-state index in [9.17, 15) is 9.59 Å². The average molecular weight is 346 g/mol. The van der Waals surface area contributed by atoms with E-state index in [-0.39, 0.29) is 17.5 Å². The van der Waals surface area contributed by atoms with Crippen LogP contribution in [0.4, 0.5) is 0 Å². The second-order valence-electron chi connectivity index (χ2n) is 6.93. The minimum atomic E-state index is -0.145. The van der Waals surface area contributed by atoms with Crippen molar-refractivity contribution < 1.29 is 4.79 Å². The number of carbonyl (C=O) groups is 1. The SMILES string of the molecule is Cc1cc(C)n(CCCN(C)C(=O)C2CCc3nn(C)c(=O)n3C2)n1. The summed E-state index contributed by atoms with van der Waals surface area (Å²) in [6.07, 6.45) is 2.28. The first-order chi connectivity index (χ1) is 11.9. The number of nitrogens with zero attached hydrogens (tertiary/aromatic N) is 6. The van der Waals surface area contributed by atoms with E-state index in [1.54, 1.807) is 16.5 Å². The first-order valence-electron chi connectivity index (χ1n) is 8.75. The van der Waals surface area contributed by atoms with Crippen LogP contribution in [0.2, 0.25) is 0 Å². The summed E-state index contributed by atoms with van der Waals surface area (Å²) in [7, 11) is 3.49. The molecule has 0 spiro atoms. The van der Waals surface area contributed by atoms with Crippen molar-refractivity contribution in [1.29, 1.82) is 0 Å². The zero-order chi connectivity index (χ0) is 18.1. The number of hydrogen-bond donors (Lipinski definition) is 0. The van der Waals surface area contributed by atoms with Gasteiger partial charge in [-0.25, -0.2) is 9.48 Å². The maximum absolute atomic E-state index is 12.7. The lowest BCUT2D eigenvalue weighted by Crippen LogP contribution is -2.40. The molecule has 0 saturated heterocycles. The molecule has 8 nitrogen and oxygen atoms in total. The predicted molar refractivity (Wildman–Crippen MR) is 93.2 cm³/mol. The maximum Gasteiger partial charge on any atom is 0.345 e. The smallest absolute Gasteiger partial charge is 0.345 e. The standard InChI is InChI=1S/C17H26N6O2/c1-12-10-13(2)23(18-12)9-5-8-20(3)16(24)14-6-7-15-19-21(4)17(25)22(15)11-14/h10,14H,5-9,11H2,1-4H3. The molecule has 0 aromatic carbocycles. The fourth-order valence-corrected chi connectivity index (χ4v) is 3.52. The van der Waals surface area contributed by atoms with E-state index in [0.717, 1.165) is 36.6 Å². The van der Waals surface area contributed by atoms with Crippen LogP contribution in [0.1, 0.15) is 30.1 Å². The quantitative estimate of drug-likeness (QED) is 0.790. The summed E-state index contributed by atoms with van der Waals surface area (Å²) in [6.45, 7) is 5.94. The van der Waals surface area contributed by atoms with Crippen molar-refractivity contribution >= 4 is 5.91 Å². The summed E-state index contributed by atoms with van der Waals surface area (Å²) in [5.41, 5.74) is 2.02. The zero-order valence-electron chi connectivity index (χ0n) is 15.4. The van der Waals surface area contributed by atoms with E-state index in [1.165, 1.54) is 4.68 Å². The minimum absolute atomic E-state index is 0.106. The minimum Gasteiger partial charge on any atom is -0.345 e. The molecule has 1 unspecified atom stereocenters. The number of aryl methyl sites for hydroxylation is 5. The zero-order valence-corrected chi connectivity index (χ0v) is 15.4. The van der Waals surface area contributed by atoms with Crippen molar-refractivity contribution in [3.63, 3.8) is 0 Å². The third kappa shape index (κ3) is 3.52. The Balaban J connectivity index is 1.55. The van der Waals surface area contributed by atoms with Gasteiger partial charge in [0.05, 0.1) is 11.6 Å². The number of hydrogen-bond acceptors (Lipinski definition) is 4. The molecule has 25 heavy (non-hydrogen) atoms. The lowest BCUT2D eigenvalue weighted by atomic mass is 9.98. The van der Waals surface area contributed by atoms with Gasteiger partial charge in [0, 0.05) is 45.8 Å². The molecule has 0 N–H and O–H groups in total. The number of aromatic nitrogens is 5. The summed E-state index contributed by atoms with van der Waals surface area (Å²) >= 11 is 0. The topological polar surface area (TPSA) is 78.0 Å². The van der Waals surface area contributed by atoms with Crippen LogP contribution in [-0.4, -0.2) is 48.5 Å². The third-order valence-corrected chi connectivity index (χ3v) is 4.90. The molecule has 0 aliphatic carbocycles. The van der Waals surface area contributed by atoms with Gasteiger partial charge in [-0.1, -0.05) is 0 Å². The Hall–Kier alpha value is -2.38. The highest BCUT2D eigenvalue weighted by Crippen LogP contribution is 2.19. The van der Waals surface area contributed by atoms with Gasteiger partial charge in [-0.15, -0.1) is 0 Å². The summed E-state index contributed by atoms with van der Waals surface area (Å²) in [5, 5.41) is 8.66. The van der Waals surface area contributed by atoms with Crippen LogP contribution in [0.25, 0.3) is 0 Å². The van der Waals surface area contributed by atoms with Gasteiger partial charge >= 0.3 is 5.69 Å². The van der Waals surface area contributed by atoms with E-state index >= 15 is 0 Å². The molecule has 1 aliphatic rings. The summed E-state index contributed by atoms with van der Waals surface area (Å²) in [5.74, 6) is 0.742. The van der Waals surface area contributed by atoms with Crippen LogP contribution in [0.3, 0.4) is 0 Å². The lowest BCUT2D eigenvalue weighted by Gasteiger charge is -2.26. The highest BCUT2D eigenvalue weighted by atomic mass is 16.2. The number of fused-ring (bicyclic) bond motifs is 1. The second kappa shape index (κ2) is 6.85. The number of amides is 1. The molecular weight excluding hydrogens is 320 g/mol. The Labute approximate surface area is 147 Å². The predicted octanol–water partition coefficient (Wildman–Crippen LogP) is 0.506. The van der Waals surface area contributed by atoms with Crippen molar-refractivity contribution in [1.82, 2.24) is 29.0 Å². The molecule has 1 atom stereocenters. The van der Waals surface area contributed by atoms with Crippen LogP contribution in [0.15, 0.2) is 10.9 Å². The molecule has 0 bridgehead atoms. The molecule has 3 heterocycles. The van der Waals surface area contributed by atoms with Crippen molar-refractivity contribution in [3.8, 4) is 0 Å². The van der Waals surface area contributed by atoms with Gasteiger partial charge in [-0.05, 0) is 32.8 Å². The Kier molecular flexibility index (Phi) is 4.78. The van der Waals surface area contributed by atoms with Crippen LogP contribution in [0, 0.1) is 19.8 Å². The molecule has 3 rings (SSSR count). The van der Waals surface area contributed by atoms with Gasteiger partial charge in [-0.2, -0.15) is 10.2 Å². The Morgan fingerprint density at radius 3 is 2.80 bits per heavy atom. The summed E-state index contributed by atoms with van der Waals surface area (Å²) in [4.78, 5) is 26.5. The van der Waals surface area contributed by atoms with E-state index in [0.29, 0.717) is 19.5 Å². The van der Waals surface area contributed by atoms with Crippen molar-refractivity contribution in [2.24, 2.45) is 13.0 Å². The van der Waals surface area contributed by atoms with Gasteiger partial charge in [0.1, 0.15) is 5.82 Å². The number of carbonyl (C=O) groups excluding carboxylic acids is 1. The summed E-state index contributed by atoms with van der Waals surface area (Å²) < 4.78 is 4.96. The lowest BCUT2D eigenvalue weighted by molar-refractivity contribution is -0.135. The number of rotatable bonds is 5. The van der Waals surface area contributed by atoms with Crippen LogP contribution < -0.4 is 5.69 Å². The van der Waals surface area contributed by atoms with Crippen LogP contribution in [-0.2, 0) is 31.4 Å². The van der Waals surface area contributed by atoms with Gasteiger partial charge in [0.25, 0.3) is 0 Å². The Morgan fingerprint density at radius 2 is 2.12 bits per heavy atom. The molecule has 0 saturated carbocycles. The average Bonchev–Trinajstić information content (AvgIpc) is 3.05. The fourth-order valence-electron chi connectivity index (χ4n) is 3.52. The van der Waals surface area contributed by atoms with Crippen molar-refractivity contribution in [3.05, 3.63) is 33.8 Å². The first-order valence-corrected chi connectivity index (χ1v) is 8.75. The van der Waals surface area contributed by atoms with E-state index in [1.807, 2.05) is 25.6 Å². The third-order valence-electron chi connectivity index (χ3n) is 4.90. The monoisotopic (exact) mass is 346 g/mol. The Bertz CT molecular complexity index is 831. The van der Waals surface area contributed by atoms with Gasteiger partial charge in [0.15, 0.2) is 0 Å². The fraction of sp³-hybridized carbons (Fsp3) is 0.647. The highest BCUT2D eigenvalue weighted by Gasteiger charge is 2.29. The highest BCUT2D eigenvalue weighted by molar-refractivity contribution is 5.78. The van der Waals surface area contributed by atoms with Crippen molar-refractivity contribution in [2.75, 3.05) is 13.6 Å². The molecule has 2 aromatic heterocycles. The van der Waals surface area contributed by atoms with E-state index < -0.39 is 0 Å². The van der Waals surface area contributed by atoms with Crippen LogP contribution >= 0.6 is 0 Å². The second-order valence-corrected chi connectivity index (χ2v) is 6.93. The molecule has 0 fully saturated rings. The Morgan fingerprint density at radius 1 is 1.36 bits per heavy atom. The maximum atomic E-state index is 12.7. The molecule has 1 aliphatic heterocycles. The molecule has 1 amide bonds. The molecule has 2 aromatic rings. The molecular formula is C17H26N6O2. The van der Waals surface area contributed by atoms with Crippen molar-refractivity contribution in [2.45, 2.75) is 46.2 Å². The largest absolute Gasteiger partial charge is 0.345 e.